The Bertz CT molecular complexity index is 417. The van der Waals surface area contributed by atoms with Crippen LogP contribution in [0.5, 0.6) is 0 Å². The normalized spacial score (nSPS) is 12.1. The molecule has 1 atom stereocenters. The van der Waals surface area contributed by atoms with Gasteiger partial charge >= 0.3 is 5.97 Å². The molecule has 4 heteroatoms. The predicted octanol–water partition coefficient (Wildman–Crippen LogP) is 5.32. The zero-order valence-electron chi connectivity index (χ0n) is 13.6. The molecule has 0 heterocycles. The molecular formula is C18H27ClO3. The quantitative estimate of drug-likeness (QED) is 0.407. The molecule has 0 aliphatic heterocycles. The maximum Gasteiger partial charge on any atom is 0.332 e. The fourth-order valence-electron chi connectivity index (χ4n) is 2.33. The lowest BCUT2D eigenvalue weighted by atomic mass is 10.0. The summed E-state index contributed by atoms with van der Waals surface area (Å²) in [7, 11) is 0. The van der Waals surface area contributed by atoms with Gasteiger partial charge in [-0.25, -0.2) is 4.79 Å². The van der Waals surface area contributed by atoms with Crippen molar-refractivity contribution in [3.05, 3.63) is 34.9 Å². The van der Waals surface area contributed by atoms with E-state index in [0.717, 1.165) is 18.4 Å². The van der Waals surface area contributed by atoms with Crippen molar-refractivity contribution in [2.45, 2.75) is 58.5 Å². The molecule has 1 unspecified atom stereocenters. The summed E-state index contributed by atoms with van der Waals surface area (Å²) in [6, 6.07) is 7.64. The van der Waals surface area contributed by atoms with Gasteiger partial charge in [0, 0.05) is 5.02 Å². The van der Waals surface area contributed by atoms with Gasteiger partial charge in [0.15, 0.2) is 0 Å². The van der Waals surface area contributed by atoms with Gasteiger partial charge in [-0.3, -0.25) is 0 Å². The third-order valence-electron chi connectivity index (χ3n) is 3.52. The number of ether oxygens (including phenoxy) is 2. The molecule has 0 saturated heterocycles. The first-order valence-electron chi connectivity index (χ1n) is 8.20. The SMILES string of the molecule is CCCCCCCC(OCC(=O)OCC)c1ccc(Cl)cc1. The van der Waals surface area contributed by atoms with Crippen molar-refractivity contribution in [2.75, 3.05) is 13.2 Å². The lowest BCUT2D eigenvalue weighted by molar-refractivity contribution is -0.150. The van der Waals surface area contributed by atoms with Crippen LogP contribution in [0.1, 0.15) is 64.0 Å². The van der Waals surface area contributed by atoms with Crippen LogP contribution < -0.4 is 0 Å². The Morgan fingerprint density at radius 1 is 1.09 bits per heavy atom. The van der Waals surface area contributed by atoms with Crippen LogP contribution in [0.2, 0.25) is 5.02 Å². The van der Waals surface area contributed by atoms with Crippen molar-refractivity contribution >= 4 is 17.6 Å². The maximum absolute atomic E-state index is 11.5. The average Bonchev–Trinajstić information content (AvgIpc) is 2.51. The topological polar surface area (TPSA) is 35.5 Å². The summed E-state index contributed by atoms with van der Waals surface area (Å²) < 4.78 is 10.7. The van der Waals surface area contributed by atoms with E-state index >= 15 is 0 Å². The van der Waals surface area contributed by atoms with Crippen molar-refractivity contribution in [3.63, 3.8) is 0 Å². The zero-order valence-corrected chi connectivity index (χ0v) is 14.4. The summed E-state index contributed by atoms with van der Waals surface area (Å²) in [4.78, 5) is 11.5. The van der Waals surface area contributed by atoms with Gasteiger partial charge in [0.2, 0.25) is 0 Å². The second-order valence-electron chi connectivity index (χ2n) is 5.36. The molecule has 1 rings (SSSR count). The van der Waals surface area contributed by atoms with E-state index in [1.54, 1.807) is 6.92 Å². The summed E-state index contributed by atoms with van der Waals surface area (Å²) in [5.41, 5.74) is 1.06. The van der Waals surface area contributed by atoms with Gasteiger partial charge in [-0.15, -0.1) is 0 Å². The second kappa shape index (κ2) is 11.5. The van der Waals surface area contributed by atoms with Gasteiger partial charge < -0.3 is 9.47 Å². The van der Waals surface area contributed by atoms with E-state index < -0.39 is 0 Å². The van der Waals surface area contributed by atoms with E-state index in [9.17, 15) is 4.79 Å². The fourth-order valence-corrected chi connectivity index (χ4v) is 2.45. The first kappa shape index (κ1) is 19.0. The summed E-state index contributed by atoms with van der Waals surface area (Å²) in [6.45, 7) is 4.38. The molecule has 1 aromatic carbocycles. The Kier molecular flexibility index (Phi) is 9.93. The number of halogens is 1. The zero-order chi connectivity index (χ0) is 16.2. The molecule has 124 valence electrons. The third kappa shape index (κ3) is 7.81. The molecule has 3 nitrogen and oxygen atoms in total. The van der Waals surface area contributed by atoms with E-state index in [1.807, 2.05) is 24.3 Å². The number of unbranched alkanes of at least 4 members (excludes halogenated alkanes) is 4. The summed E-state index contributed by atoms with van der Waals surface area (Å²) >= 11 is 5.93. The van der Waals surface area contributed by atoms with Gasteiger partial charge in [-0.1, -0.05) is 62.8 Å². The highest BCUT2D eigenvalue weighted by Gasteiger charge is 2.14. The number of carbonyl (C=O) groups excluding carboxylic acids is 1. The van der Waals surface area contributed by atoms with Gasteiger partial charge in [-0.05, 0) is 31.0 Å². The molecule has 0 fully saturated rings. The summed E-state index contributed by atoms with van der Waals surface area (Å²) in [5.74, 6) is -0.313. The monoisotopic (exact) mass is 326 g/mol. The number of hydrogen-bond donors (Lipinski definition) is 0. The minimum Gasteiger partial charge on any atom is -0.464 e. The third-order valence-corrected chi connectivity index (χ3v) is 3.77. The van der Waals surface area contributed by atoms with Crippen LogP contribution >= 0.6 is 11.6 Å². The van der Waals surface area contributed by atoms with Gasteiger partial charge in [-0.2, -0.15) is 0 Å². The lowest BCUT2D eigenvalue weighted by Crippen LogP contribution is -2.15. The molecule has 0 saturated carbocycles. The van der Waals surface area contributed by atoms with E-state index in [0.29, 0.717) is 11.6 Å². The predicted molar refractivity (Wildman–Crippen MR) is 90.2 cm³/mol. The van der Waals surface area contributed by atoms with Crippen molar-refractivity contribution in [3.8, 4) is 0 Å². The molecular weight excluding hydrogens is 300 g/mol. The van der Waals surface area contributed by atoms with E-state index in [2.05, 4.69) is 6.92 Å². The number of esters is 1. The van der Waals surface area contributed by atoms with Gasteiger partial charge in [0.1, 0.15) is 6.61 Å². The highest BCUT2D eigenvalue weighted by Crippen LogP contribution is 2.25. The Morgan fingerprint density at radius 2 is 1.77 bits per heavy atom. The summed E-state index contributed by atoms with van der Waals surface area (Å²) in [5, 5.41) is 0.704. The van der Waals surface area contributed by atoms with Crippen LogP contribution in [0, 0.1) is 0 Å². The van der Waals surface area contributed by atoms with Gasteiger partial charge in [0.05, 0.1) is 12.7 Å². The van der Waals surface area contributed by atoms with Crippen LogP contribution in [0.4, 0.5) is 0 Å². The molecule has 0 amide bonds. The number of rotatable bonds is 11. The molecule has 0 bridgehead atoms. The number of hydrogen-bond acceptors (Lipinski definition) is 3. The lowest BCUT2D eigenvalue weighted by Gasteiger charge is -2.18. The Hall–Kier alpha value is -1.06. The minimum absolute atomic E-state index is 0.00388. The van der Waals surface area contributed by atoms with E-state index in [1.165, 1.54) is 25.7 Å². The van der Waals surface area contributed by atoms with E-state index in [4.69, 9.17) is 21.1 Å². The Balaban J connectivity index is 2.52. The second-order valence-corrected chi connectivity index (χ2v) is 5.80. The van der Waals surface area contributed by atoms with Crippen molar-refractivity contribution in [1.29, 1.82) is 0 Å². The molecule has 0 aliphatic carbocycles. The van der Waals surface area contributed by atoms with Crippen molar-refractivity contribution in [2.24, 2.45) is 0 Å². The molecule has 0 N–H and O–H groups in total. The number of benzene rings is 1. The first-order chi connectivity index (χ1) is 10.7. The van der Waals surface area contributed by atoms with Crippen LogP contribution in [0.25, 0.3) is 0 Å². The standard InChI is InChI=1S/C18H27ClO3/c1-3-5-6-7-8-9-17(22-14-18(20)21-4-2)15-10-12-16(19)13-11-15/h10-13,17H,3-9,14H2,1-2H3. The smallest absolute Gasteiger partial charge is 0.332 e. The summed E-state index contributed by atoms with van der Waals surface area (Å²) in [6.07, 6.45) is 6.88. The molecule has 22 heavy (non-hydrogen) atoms. The Morgan fingerprint density at radius 3 is 2.41 bits per heavy atom. The van der Waals surface area contributed by atoms with Gasteiger partial charge in [0.25, 0.3) is 0 Å². The van der Waals surface area contributed by atoms with Crippen LogP contribution in [0.3, 0.4) is 0 Å². The highest BCUT2D eigenvalue weighted by atomic mass is 35.5. The molecule has 1 aromatic rings. The first-order valence-corrected chi connectivity index (χ1v) is 8.57. The van der Waals surface area contributed by atoms with Crippen LogP contribution in [-0.2, 0) is 14.3 Å². The molecule has 0 aromatic heterocycles. The van der Waals surface area contributed by atoms with Crippen molar-refractivity contribution < 1.29 is 14.3 Å². The van der Waals surface area contributed by atoms with E-state index in [-0.39, 0.29) is 18.7 Å². The minimum atomic E-state index is -0.313. The highest BCUT2D eigenvalue weighted by molar-refractivity contribution is 6.30. The molecule has 0 spiro atoms. The maximum atomic E-state index is 11.5. The van der Waals surface area contributed by atoms with Crippen LogP contribution in [-0.4, -0.2) is 19.2 Å². The Labute approximate surface area is 139 Å². The molecule has 0 radical (unpaired) electrons. The number of carbonyl (C=O) groups is 1. The van der Waals surface area contributed by atoms with Crippen molar-refractivity contribution in [1.82, 2.24) is 0 Å². The van der Waals surface area contributed by atoms with Crippen LogP contribution in [0.15, 0.2) is 24.3 Å². The fraction of sp³-hybridized carbons (Fsp3) is 0.611. The molecule has 0 aliphatic rings. The largest absolute Gasteiger partial charge is 0.464 e. The average molecular weight is 327 g/mol.